The Morgan fingerprint density at radius 2 is 2.17 bits per heavy atom. The van der Waals surface area contributed by atoms with Gasteiger partial charge in [0.15, 0.2) is 11.5 Å². The van der Waals surface area contributed by atoms with Crippen molar-refractivity contribution in [3.8, 4) is 11.5 Å². The molecule has 1 aromatic rings. The monoisotopic (exact) mass is 259 g/mol. The van der Waals surface area contributed by atoms with Gasteiger partial charge in [-0.05, 0) is 0 Å². The zero-order chi connectivity index (χ0) is 13.7. The molecule has 7 nitrogen and oxygen atoms in total. The summed E-state index contributed by atoms with van der Waals surface area (Å²) >= 11 is 0. The normalized spacial score (nSPS) is 9.89. The largest absolute Gasteiger partial charge is 0.493 e. The second-order valence-corrected chi connectivity index (χ2v) is 3.12. The molecule has 18 heavy (non-hydrogen) atoms. The molecule has 0 amide bonds. The van der Waals surface area contributed by atoms with E-state index >= 15 is 0 Å². The van der Waals surface area contributed by atoms with E-state index in [-0.39, 0.29) is 18.1 Å². The van der Waals surface area contributed by atoms with Crippen molar-refractivity contribution in [3.05, 3.63) is 27.8 Å². The van der Waals surface area contributed by atoms with E-state index in [1.54, 1.807) is 0 Å². The van der Waals surface area contributed by atoms with Gasteiger partial charge in [0.25, 0.3) is 5.69 Å². The SMILES string of the molecule is COc1cc(C(=O)O)c([N+](=O)[O-])cc1OCCF. The zero-order valence-corrected chi connectivity index (χ0v) is 9.38. The van der Waals surface area contributed by atoms with Crippen molar-refractivity contribution < 1.29 is 28.7 Å². The van der Waals surface area contributed by atoms with Crippen LogP contribution in [0.3, 0.4) is 0 Å². The molecule has 0 aliphatic heterocycles. The zero-order valence-electron chi connectivity index (χ0n) is 9.38. The number of hydrogen-bond donors (Lipinski definition) is 1. The molecule has 1 aromatic carbocycles. The van der Waals surface area contributed by atoms with E-state index in [2.05, 4.69) is 0 Å². The highest BCUT2D eigenvalue weighted by molar-refractivity contribution is 5.93. The second kappa shape index (κ2) is 5.80. The first kappa shape index (κ1) is 13.7. The van der Waals surface area contributed by atoms with E-state index in [1.807, 2.05) is 0 Å². The standard InChI is InChI=1S/C10H10FNO6/c1-17-8-4-6(10(13)14)7(12(15)16)5-9(8)18-3-2-11/h4-5H,2-3H2,1H3,(H,13,14). The summed E-state index contributed by atoms with van der Waals surface area (Å²) < 4.78 is 21.7. The number of methoxy groups -OCH3 is 1. The van der Waals surface area contributed by atoms with Gasteiger partial charge in [-0.25, -0.2) is 9.18 Å². The van der Waals surface area contributed by atoms with Gasteiger partial charge in [-0.1, -0.05) is 0 Å². The molecule has 0 bridgehead atoms. The topological polar surface area (TPSA) is 98.9 Å². The number of carboxylic acid groups (broad SMARTS) is 1. The first-order chi connectivity index (χ1) is 8.51. The van der Waals surface area contributed by atoms with Crippen molar-refractivity contribution in [2.75, 3.05) is 20.4 Å². The Balaban J connectivity index is 3.31. The Kier molecular flexibility index (Phi) is 4.41. The summed E-state index contributed by atoms with van der Waals surface area (Å²) in [4.78, 5) is 20.7. The fourth-order valence-electron chi connectivity index (χ4n) is 1.29. The van der Waals surface area contributed by atoms with E-state index in [0.717, 1.165) is 12.1 Å². The number of carboxylic acids is 1. The highest BCUT2D eigenvalue weighted by atomic mass is 19.1. The van der Waals surface area contributed by atoms with Crippen LogP contribution < -0.4 is 9.47 Å². The quantitative estimate of drug-likeness (QED) is 0.616. The Morgan fingerprint density at radius 3 is 2.61 bits per heavy atom. The number of rotatable bonds is 6. The van der Waals surface area contributed by atoms with Crippen LogP contribution in [0.15, 0.2) is 12.1 Å². The van der Waals surface area contributed by atoms with E-state index in [9.17, 15) is 19.3 Å². The van der Waals surface area contributed by atoms with Crippen LogP contribution >= 0.6 is 0 Å². The fourth-order valence-corrected chi connectivity index (χ4v) is 1.29. The third-order valence-electron chi connectivity index (χ3n) is 2.04. The van der Waals surface area contributed by atoms with Crippen LogP contribution in [-0.2, 0) is 0 Å². The molecular weight excluding hydrogens is 249 g/mol. The van der Waals surface area contributed by atoms with E-state index in [0.29, 0.717) is 0 Å². The Hall–Kier alpha value is -2.38. The number of ether oxygens (including phenoxy) is 2. The van der Waals surface area contributed by atoms with Crippen LogP contribution in [0.4, 0.5) is 10.1 Å². The summed E-state index contributed by atoms with van der Waals surface area (Å²) in [5.74, 6) is -1.55. The van der Waals surface area contributed by atoms with Gasteiger partial charge in [-0.2, -0.15) is 0 Å². The van der Waals surface area contributed by atoms with Crippen LogP contribution in [0.5, 0.6) is 11.5 Å². The van der Waals surface area contributed by atoms with Gasteiger partial charge >= 0.3 is 5.97 Å². The predicted molar refractivity (Wildman–Crippen MR) is 58.1 cm³/mol. The molecule has 0 spiro atoms. The van der Waals surface area contributed by atoms with Crippen molar-refractivity contribution >= 4 is 11.7 Å². The van der Waals surface area contributed by atoms with Crippen molar-refractivity contribution in [1.82, 2.24) is 0 Å². The fraction of sp³-hybridized carbons (Fsp3) is 0.300. The maximum atomic E-state index is 12.0. The lowest BCUT2D eigenvalue weighted by molar-refractivity contribution is -0.385. The lowest BCUT2D eigenvalue weighted by atomic mass is 10.1. The van der Waals surface area contributed by atoms with Crippen LogP contribution in [0, 0.1) is 10.1 Å². The number of hydrogen-bond acceptors (Lipinski definition) is 5. The molecule has 0 aliphatic rings. The summed E-state index contributed by atoms with van der Waals surface area (Å²) in [6.07, 6.45) is 0. The molecule has 0 aliphatic carbocycles. The summed E-state index contributed by atoms with van der Waals surface area (Å²) in [5, 5.41) is 19.6. The van der Waals surface area contributed by atoms with Gasteiger partial charge in [0.2, 0.25) is 0 Å². The van der Waals surface area contributed by atoms with Gasteiger partial charge in [0, 0.05) is 6.07 Å². The summed E-state index contributed by atoms with van der Waals surface area (Å²) in [7, 11) is 1.25. The minimum atomic E-state index is -1.46. The summed E-state index contributed by atoms with van der Waals surface area (Å²) in [5.41, 5.74) is -1.17. The number of carbonyl (C=O) groups is 1. The van der Waals surface area contributed by atoms with Crippen LogP contribution in [-0.4, -0.2) is 36.4 Å². The molecule has 0 unspecified atom stereocenters. The van der Waals surface area contributed by atoms with Gasteiger partial charge in [-0.3, -0.25) is 10.1 Å². The summed E-state index contributed by atoms with van der Waals surface area (Å²) in [6, 6.07) is 1.87. The number of benzene rings is 1. The van der Waals surface area contributed by atoms with Crippen molar-refractivity contribution in [1.29, 1.82) is 0 Å². The first-order valence-electron chi connectivity index (χ1n) is 4.79. The van der Waals surface area contributed by atoms with E-state index in [4.69, 9.17) is 14.6 Å². The highest BCUT2D eigenvalue weighted by Crippen LogP contribution is 2.34. The summed E-state index contributed by atoms with van der Waals surface area (Å²) in [6.45, 7) is -1.09. The first-order valence-corrected chi connectivity index (χ1v) is 4.79. The molecule has 0 saturated carbocycles. The number of nitro benzene ring substituents is 1. The van der Waals surface area contributed by atoms with Crippen LogP contribution in [0.2, 0.25) is 0 Å². The number of halogens is 1. The smallest absolute Gasteiger partial charge is 0.342 e. The molecule has 0 saturated heterocycles. The predicted octanol–water partition coefficient (Wildman–Crippen LogP) is 1.65. The van der Waals surface area contributed by atoms with Gasteiger partial charge < -0.3 is 14.6 Å². The van der Waals surface area contributed by atoms with Gasteiger partial charge in [0.1, 0.15) is 18.8 Å². The molecule has 98 valence electrons. The molecule has 1 N–H and O–H groups in total. The maximum absolute atomic E-state index is 12.0. The number of nitrogens with zero attached hydrogens (tertiary/aromatic N) is 1. The van der Waals surface area contributed by atoms with Crippen molar-refractivity contribution in [2.24, 2.45) is 0 Å². The van der Waals surface area contributed by atoms with E-state index < -0.39 is 28.8 Å². The third kappa shape index (κ3) is 2.84. The molecule has 0 aromatic heterocycles. The molecule has 0 atom stereocenters. The minimum Gasteiger partial charge on any atom is -0.493 e. The minimum absolute atomic E-state index is 0.00792. The second-order valence-electron chi connectivity index (χ2n) is 3.12. The van der Waals surface area contributed by atoms with Crippen LogP contribution in [0.1, 0.15) is 10.4 Å². The van der Waals surface area contributed by atoms with Gasteiger partial charge in [-0.15, -0.1) is 0 Å². The van der Waals surface area contributed by atoms with Gasteiger partial charge in [0.05, 0.1) is 18.1 Å². The molecule has 1 rings (SSSR count). The Bertz CT molecular complexity index is 476. The number of aromatic carboxylic acids is 1. The van der Waals surface area contributed by atoms with Crippen molar-refractivity contribution in [3.63, 3.8) is 0 Å². The van der Waals surface area contributed by atoms with Crippen LogP contribution in [0.25, 0.3) is 0 Å². The molecule has 0 heterocycles. The molecule has 8 heteroatoms. The average molecular weight is 259 g/mol. The van der Waals surface area contributed by atoms with Crippen molar-refractivity contribution in [2.45, 2.75) is 0 Å². The Labute approximate surface area is 101 Å². The molecule has 0 radical (unpaired) electrons. The maximum Gasteiger partial charge on any atom is 0.342 e. The average Bonchev–Trinajstić information content (AvgIpc) is 2.34. The lowest BCUT2D eigenvalue weighted by Crippen LogP contribution is -2.06. The highest BCUT2D eigenvalue weighted by Gasteiger charge is 2.24. The van der Waals surface area contributed by atoms with E-state index in [1.165, 1.54) is 7.11 Å². The Morgan fingerprint density at radius 1 is 1.50 bits per heavy atom. The third-order valence-corrected chi connectivity index (χ3v) is 2.04. The number of nitro groups is 1. The lowest BCUT2D eigenvalue weighted by Gasteiger charge is -2.10. The molecular formula is C10H10FNO6. The number of alkyl halides is 1. The molecule has 0 fully saturated rings.